The van der Waals surface area contributed by atoms with Gasteiger partial charge >= 0.3 is 5.97 Å². The van der Waals surface area contributed by atoms with E-state index in [4.69, 9.17) is 4.74 Å². The zero-order valence-electron chi connectivity index (χ0n) is 11.4. The second kappa shape index (κ2) is 6.69. The Hall–Kier alpha value is -0.920. The number of hydrogen-bond acceptors (Lipinski definition) is 5. The van der Waals surface area contributed by atoms with Crippen molar-refractivity contribution in [2.45, 2.75) is 25.0 Å². The third kappa shape index (κ3) is 3.80. The molecule has 0 spiro atoms. The molecule has 2 heterocycles. The maximum Gasteiger partial charge on any atom is 0.308 e. The lowest BCUT2D eigenvalue weighted by Gasteiger charge is -2.19. The molecule has 2 rings (SSSR count). The van der Waals surface area contributed by atoms with Crippen LogP contribution in [0.1, 0.15) is 24.8 Å². The highest BCUT2D eigenvalue weighted by atomic mass is 32.2. The molecule has 7 heteroatoms. The summed E-state index contributed by atoms with van der Waals surface area (Å²) in [5.41, 5.74) is 0.823. The fourth-order valence-electron chi connectivity index (χ4n) is 2.43. The number of nitrogens with zero attached hydrogens (tertiary/aromatic N) is 1. The van der Waals surface area contributed by atoms with Crippen molar-refractivity contribution in [1.29, 1.82) is 0 Å². The lowest BCUT2D eigenvalue weighted by molar-refractivity contribution is -0.145. The van der Waals surface area contributed by atoms with E-state index in [1.165, 1.54) is 22.8 Å². The van der Waals surface area contributed by atoms with E-state index in [0.717, 1.165) is 5.56 Å². The SMILES string of the molecule is COC(=O)C1CCCN(S(=O)(=O)Cc2ccsc2)CC1. The Labute approximate surface area is 123 Å². The molecule has 1 aromatic heterocycles. The van der Waals surface area contributed by atoms with Gasteiger partial charge in [-0.15, -0.1) is 0 Å². The van der Waals surface area contributed by atoms with Crippen LogP contribution in [0, 0.1) is 5.92 Å². The zero-order valence-corrected chi connectivity index (χ0v) is 13.1. The van der Waals surface area contributed by atoms with Crippen LogP contribution in [0.25, 0.3) is 0 Å². The van der Waals surface area contributed by atoms with E-state index in [2.05, 4.69) is 0 Å². The van der Waals surface area contributed by atoms with Gasteiger partial charge in [0.25, 0.3) is 0 Å². The van der Waals surface area contributed by atoms with Crippen molar-refractivity contribution in [3.05, 3.63) is 22.4 Å². The molecular weight excluding hydrogens is 298 g/mol. The standard InChI is InChI=1S/C13H19NO4S2/c1-18-13(15)12-3-2-6-14(7-4-12)20(16,17)10-11-5-8-19-9-11/h5,8-9,12H,2-4,6-7,10H2,1H3. The Morgan fingerprint density at radius 1 is 1.45 bits per heavy atom. The summed E-state index contributed by atoms with van der Waals surface area (Å²) in [6.07, 6.45) is 1.93. The summed E-state index contributed by atoms with van der Waals surface area (Å²) in [5, 5.41) is 3.73. The third-order valence-corrected chi connectivity index (χ3v) is 6.13. The smallest absolute Gasteiger partial charge is 0.308 e. The van der Waals surface area contributed by atoms with E-state index >= 15 is 0 Å². The Morgan fingerprint density at radius 2 is 2.25 bits per heavy atom. The van der Waals surface area contributed by atoms with Gasteiger partial charge in [0.15, 0.2) is 0 Å². The van der Waals surface area contributed by atoms with Crippen molar-refractivity contribution in [1.82, 2.24) is 4.31 Å². The average molecular weight is 317 g/mol. The maximum atomic E-state index is 12.4. The summed E-state index contributed by atoms with van der Waals surface area (Å²) >= 11 is 1.49. The first-order valence-electron chi connectivity index (χ1n) is 6.59. The van der Waals surface area contributed by atoms with Gasteiger partial charge in [0.05, 0.1) is 18.8 Å². The van der Waals surface area contributed by atoms with Crippen LogP contribution in [-0.4, -0.2) is 38.9 Å². The van der Waals surface area contributed by atoms with Gasteiger partial charge in [0, 0.05) is 13.1 Å². The quantitative estimate of drug-likeness (QED) is 0.795. The van der Waals surface area contributed by atoms with Crippen molar-refractivity contribution in [3.63, 3.8) is 0 Å². The van der Waals surface area contributed by atoms with E-state index in [0.29, 0.717) is 32.4 Å². The van der Waals surface area contributed by atoms with Gasteiger partial charge in [0.2, 0.25) is 10.0 Å². The van der Waals surface area contributed by atoms with Crippen molar-refractivity contribution >= 4 is 27.3 Å². The first kappa shape index (κ1) is 15.5. The van der Waals surface area contributed by atoms with Gasteiger partial charge in [-0.1, -0.05) is 0 Å². The number of carbonyl (C=O) groups is 1. The molecule has 5 nitrogen and oxygen atoms in total. The summed E-state index contributed by atoms with van der Waals surface area (Å²) in [7, 11) is -1.92. The van der Waals surface area contributed by atoms with E-state index < -0.39 is 10.0 Å². The minimum atomic E-state index is -3.30. The molecule has 0 bridgehead atoms. The number of thiophene rings is 1. The van der Waals surface area contributed by atoms with Crippen LogP contribution in [0.3, 0.4) is 0 Å². The van der Waals surface area contributed by atoms with E-state index in [1.54, 1.807) is 0 Å². The molecule has 0 saturated carbocycles. The molecule has 0 amide bonds. The topological polar surface area (TPSA) is 63.7 Å². The fraction of sp³-hybridized carbons (Fsp3) is 0.615. The number of sulfonamides is 1. The molecule has 1 aliphatic rings. The van der Waals surface area contributed by atoms with Gasteiger partial charge in [-0.2, -0.15) is 11.3 Å². The maximum absolute atomic E-state index is 12.4. The Morgan fingerprint density at radius 3 is 2.90 bits per heavy atom. The summed E-state index contributed by atoms with van der Waals surface area (Å²) in [4.78, 5) is 11.5. The molecule has 1 saturated heterocycles. The van der Waals surface area contributed by atoms with Crippen LogP contribution >= 0.6 is 11.3 Å². The summed E-state index contributed by atoms with van der Waals surface area (Å²) < 4.78 is 31.0. The van der Waals surface area contributed by atoms with Crippen molar-refractivity contribution in [2.24, 2.45) is 5.92 Å². The molecule has 0 radical (unpaired) electrons. The molecular formula is C13H19NO4S2. The molecule has 0 N–H and O–H groups in total. The monoisotopic (exact) mass is 317 g/mol. The number of methoxy groups -OCH3 is 1. The molecule has 1 fully saturated rings. The minimum absolute atomic E-state index is 0.0411. The van der Waals surface area contributed by atoms with Crippen molar-refractivity contribution < 1.29 is 17.9 Å². The highest BCUT2D eigenvalue weighted by molar-refractivity contribution is 7.88. The second-order valence-corrected chi connectivity index (χ2v) is 7.69. The first-order valence-corrected chi connectivity index (χ1v) is 9.15. The Bertz CT molecular complexity index is 539. The van der Waals surface area contributed by atoms with Gasteiger partial charge in [0.1, 0.15) is 0 Å². The summed E-state index contributed by atoms with van der Waals surface area (Å²) in [5.74, 6) is -0.372. The lowest BCUT2D eigenvalue weighted by Crippen LogP contribution is -2.33. The Balaban J connectivity index is 2.00. The van der Waals surface area contributed by atoms with Crippen LogP contribution in [0.2, 0.25) is 0 Å². The number of ether oxygens (including phenoxy) is 1. The molecule has 112 valence electrons. The van der Waals surface area contributed by atoms with Crippen LogP contribution in [0.5, 0.6) is 0 Å². The Kier molecular flexibility index (Phi) is 5.17. The summed E-state index contributed by atoms with van der Waals surface area (Å²) in [6, 6.07) is 1.83. The van der Waals surface area contributed by atoms with E-state index in [9.17, 15) is 13.2 Å². The van der Waals surface area contributed by atoms with E-state index in [1.807, 2.05) is 16.8 Å². The molecule has 1 aliphatic heterocycles. The molecule has 1 unspecified atom stereocenters. The zero-order chi connectivity index (χ0) is 14.6. The highest BCUT2D eigenvalue weighted by Gasteiger charge is 2.29. The molecule has 0 aliphatic carbocycles. The predicted molar refractivity (Wildman–Crippen MR) is 77.9 cm³/mol. The number of hydrogen-bond donors (Lipinski definition) is 0. The third-order valence-electron chi connectivity index (χ3n) is 3.54. The van der Waals surface area contributed by atoms with Gasteiger partial charge in [-0.25, -0.2) is 12.7 Å². The van der Waals surface area contributed by atoms with E-state index in [-0.39, 0.29) is 17.6 Å². The van der Waals surface area contributed by atoms with Crippen LogP contribution in [0.15, 0.2) is 16.8 Å². The van der Waals surface area contributed by atoms with Gasteiger partial charge < -0.3 is 4.74 Å². The van der Waals surface area contributed by atoms with Crippen molar-refractivity contribution in [2.75, 3.05) is 20.2 Å². The fourth-order valence-corrected chi connectivity index (χ4v) is 4.78. The van der Waals surface area contributed by atoms with Crippen molar-refractivity contribution in [3.8, 4) is 0 Å². The first-order chi connectivity index (χ1) is 9.53. The largest absolute Gasteiger partial charge is 0.469 e. The molecule has 0 aromatic carbocycles. The van der Waals surface area contributed by atoms with Crippen LogP contribution in [-0.2, 0) is 25.3 Å². The predicted octanol–water partition coefficient (Wildman–Crippen LogP) is 1.85. The average Bonchev–Trinajstić information content (AvgIpc) is 2.78. The summed E-state index contributed by atoms with van der Waals surface area (Å²) in [6.45, 7) is 0.881. The minimum Gasteiger partial charge on any atom is -0.469 e. The van der Waals surface area contributed by atoms with Crippen LogP contribution < -0.4 is 0 Å². The van der Waals surface area contributed by atoms with Gasteiger partial charge in [-0.3, -0.25) is 4.79 Å². The molecule has 1 atom stereocenters. The number of esters is 1. The molecule has 20 heavy (non-hydrogen) atoms. The number of carbonyl (C=O) groups excluding carboxylic acids is 1. The van der Waals surface area contributed by atoms with Gasteiger partial charge in [-0.05, 0) is 41.7 Å². The lowest BCUT2D eigenvalue weighted by atomic mass is 10.0. The second-order valence-electron chi connectivity index (χ2n) is 4.94. The highest BCUT2D eigenvalue weighted by Crippen LogP contribution is 2.22. The van der Waals surface area contributed by atoms with Crippen LogP contribution in [0.4, 0.5) is 0 Å². The molecule has 1 aromatic rings. The number of rotatable bonds is 4. The normalized spacial score (nSPS) is 21.4.